The lowest BCUT2D eigenvalue weighted by Gasteiger charge is -2.65. The molecule has 1 heterocycles. The standard InChI is InChI=1S/C34H62O4.C2H6/c1-12-30(7)24-14-13-17-33(19-15-26(35)28(2,3)4)23-34(24,33)21-20-31(30,8)25(22-36-10)32(9)18-16-27(38-32)29(5,6)37-11;1-2/h24-27,35H,12-23H2,1-11H3;1-2H3/t24-,25?,26-,27?,30-,31+,32+,33+,34-;/m0./s1. The van der Waals surface area contributed by atoms with Gasteiger partial charge in [0.2, 0.25) is 0 Å². The van der Waals surface area contributed by atoms with E-state index in [-0.39, 0.29) is 39.7 Å². The molecule has 1 aliphatic heterocycles. The number of aliphatic hydroxyl groups excluding tert-OH is 1. The van der Waals surface area contributed by atoms with E-state index >= 15 is 0 Å². The third-order valence-electron chi connectivity index (χ3n) is 13.7. The summed E-state index contributed by atoms with van der Waals surface area (Å²) in [5.74, 6) is 1.09. The maximum Gasteiger partial charge on any atom is 0.0883 e. The van der Waals surface area contributed by atoms with Crippen LogP contribution >= 0.6 is 0 Å². The smallest absolute Gasteiger partial charge is 0.0883 e. The van der Waals surface area contributed by atoms with Crippen molar-refractivity contribution in [3.8, 4) is 0 Å². The third kappa shape index (κ3) is 5.36. The number of ether oxygens (including phenoxy) is 3. The summed E-state index contributed by atoms with van der Waals surface area (Å²) < 4.78 is 18.9. The van der Waals surface area contributed by atoms with Gasteiger partial charge < -0.3 is 19.3 Å². The van der Waals surface area contributed by atoms with Crippen molar-refractivity contribution in [1.82, 2.24) is 0 Å². The van der Waals surface area contributed by atoms with Crippen LogP contribution in [-0.4, -0.2) is 49.3 Å². The molecule has 4 nitrogen and oxygen atoms in total. The van der Waals surface area contributed by atoms with Crippen molar-refractivity contribution in [2.75, 3.05) is 20.8 Å². The molecule has 4 rings (SSSR count). The topological polar surface area (TPSA) is 47.9 Å². The van der Waals surface area contributed by atoms with Gasteiger partial charge in [0.05, 0.1) is 30.0 Å². The molecule has 1 saturated heterocycles. The van der Waals surface area contributed by atoms with Gasteiger partial charge in [-0.3, -0.25) is 0 Å². The van der Waals surface area contributed by atoms with Gasteiger partial charge in [0.1, 0.15) is 0 Å². The second-order valence-electron chi connectivity index (χ2n) is 16.4. The highest BCUT2D eigenvalue weighted by Gasteiger charge is 2.77. The first-order chi connectivity index (χ1) is 18.5. The molecule has 40 heavy (non-hydrogen) atoms. The Balaban J connectivity index is 0.00000216. The lowest BCUT2D eigenvalue weighted by atomic mass is 9.41. The van der Waals surface area contributed by atoms with Gasteiger partial charge in [0.25, 0.3) is 0 Å². The SMILES string of the molecule is CC.CC[C@@]1(C)[C@@H]2CCC[C@@]3(CC[C@H](O)C(C)(C)C)C[C@@]23CC[C@]1(C)C(COC)[C@@]1(C)CCC(C(C)(C)OC)O1. The van der Waals surface area contributed by atoms with E-state index in [0.717, 1.165) is 31.8 Å². The van der Waals surface area contributed by atoms with Crippen LogP contribution in [0.25, 0.3) is 0 Å². The van der Waals surface area contributed by atoms with Gasteiger partial charge in [0.15, 0.2) is 0 Å². The highest BCUT2D eigenvalue weighted by molar-refractivity contribution is 5.26. The van der Waals surface area contributed by atoms with Crippen LogP contribution in [0.1, 0.15) is 147 Å². The fourth-order valence-corrected chi connectivity index (χ4v) is 10.4. The summed E-state index contributed by atoms with van der Waals surface area (Å²) in [6, 6.07) is 0. The lowest BCUT2D eigenvalue weighted by molar-refractivity contribution is -0.217. The largest absolute Gasteiger partial charge is 0.393 e. The molecular formula is C36H68O4. The fraction of sp³-hybridized carbons (Fsp3) is 1.00. The van der Waals surface area contributed by atoms with Gasteiger partial charge >= 0.3 is 0 Å². The minimum atomic E-state index is -0.282. The fourth-order valence-electron chi connectivity index (χ4n) is 10.4. The molecule has 4 heteroatoms. The molecular weight excluding hydrogens is 496 g/mol. The molecule has 1 N–H and O–H groups in total. The van der Waals surface area contributed by atoms with E-state index in [9.17, 15) is 5.11 Å². The molecule has 0 aromatic heterocycles. The van der Waals surface area contributed by atoms with Crippen molar-refractivity contribution >= 4 is 0 Å². The van der Waals surface area contributed by atoms with Crippen LogP contribution in [0.5, 0.6) is 0 Å². The summed E-state index contributed by atoms with van der Waals surface area (Å²) in [4.78, 5) is 0. The zero-order chi connectivity index (χ0) is 30.4. The van der Waals surface area contributed by atoms with Crippen LogP contribution in [0.2, 0.25) is 0 Å². The molecule has 3 aliphatic carbocycles. The number of methoxy groups -OCH3 is 2. The van der Waals surface area contributed by atoms with Gasteiger partial charge in [-0.25, -0.2) is 0 Å². The molecule has 0 radical (unpaired) electrons. The maximum absolute atomic E-state index is 10.9. The van der Waals surface area contributed by atoms with E-state index in [1.807, 2.05) is 28.1 Å². The van der Waals surface area contributed by atoms with Crippen LogP contribution in [0.15, 0.2) is 0 Å². The van der Waals surface area contributed by atoms with Gasteiger partial charge in [-0.2, -0.15) is 0 Å². The Morgan fingerprint density at radius 1 is 0.950 bits per heavy atom. The van der Waals surface area contributed by atoms with Crippen molar-refractivity contribution in [2.24, 2.45) is 38.9 Å². The van der Waals surface area contributed by atoms with Crippen molar-refractivity contribution in [1.29, 1.82) is 0 Å². The Hall–Kier alpha value is -0.160. The van der Waals surface area contributed by atoms with E-state index in [1.165, 1.54) is 51.4 Å². The summed E-state index contributed by atoms with van der Waals surface area (Å²) >= 11 is 0. The Labute approximate surface area is 249 Å². The van der Waals surface area contributed by atoms with E-state index in [2.05, 4.69) is 62.3 Å². The van der Waals surface area contributed by atoms with Gasteiger partial charge in [-0.15, -0.1) is 0 Å². The predicted molar refractivity (Wildman–Crippen MR) is 168 cm³/mol. The molecule has 2 unspecified atom stereocenters. The van der Waals surface area contributed by atoms with Crippen molar-refractivity contribution in [2.45, 2.75) is 170 Å². The highest BCUT2D eigenvalue weighted by Crippen LogP contribution is 2.84. The van der Waals surface area contributed by atoms with E-state index < -0.39 is 0 Å². The summed E-state index contributed by atoms with van der Waals surface area (Å²) in [6.45, 7) is 25.7. The average molecular weight is 565 g/mol. The van der Waals surface area contributed by atoms with Crippen LogP contribution in [0.3, 0.4) is 0 Å². The average Bonchev–Trinajstić information content (AvgIpc) is 3.42. The molecule has 9 atom stereocenters. The normalized spacial score (nSPS) is 42.8. The van der Waals surface area contributed by atoms with Crippen LogP contribution in [0.4, 0.5) is 0 Å². The van der Waals surface area contributed by atoms with Crippen molar-refractivity contribution in [3.05, 3.63) is 0 Å². The Morgan fingerprint density at radius 2 is 1.60 bits per heavy atom. The molecule has 236 valence electrons. The Bertz CT molecular complexity index is 848. The second kappa shape index (κ2) is 11.7. The predicted octanol–water partition coefficient (Wildman–Crippen LogP) is 9.22. The molecule has 0 aromatic rings. The Kier molecular flexibility index (Phi) is 10.1. The van der Waals surface area contributed by atoms with E-state index in [0.29, 0.717) is 16.7 Å². The number of hydrogen-bond donors (Lipinski definition) is 1. The monoisotopic (exact) mass is 565 g/mol. The lowest BCUT2D eigenvalue weighted by Crippen LogP contribution is -2.61. The Morgan fingerprint density at radius 3 is 2.15 bits per heavy atom. The minimum absolute atomic E-state index is 0.0326. The van der Waals surface area contributed by atoms with E-state index in [1.54, 1.807) is 0 Å². The molecule has 3 saturated carbocycles. The summed E-state index contributed by atoms with van der Waals surface area (Å²) in [6.07, 6.45) is 13.4. The number of hydrogen-bond acceptors (Lipinski definition) is 4. The van der Waals surface area contributed by atoms with Crippen molar-refractivity contribution in [3.63, 3.8) is 0 Å². The zero-order valence-corrected chi connectivity index (χ0v) is 29.0. The van der Waals surface area contributed by atoms with Crippen LogP contribution < -0.4 is 0 Å². The first-order valence-corrected chi connectivity index (χ1v) is 16.9. The molecule has 4 aliphatic rings. The molecule has 0 bridgehead atoms. The van der Waals surface area contributed by atoms with Crippen molar-refractivity contribution < 1.29 is 19.3 Å². The number of aliphatic hydroxyl groups is 1. The molecule has 0 aromatic carbocycles. The quantitative estimate of drug-likeness (QED) is 0.287. The van der Waals surface area contributed by atoms with Crippen LogP contribution in [-0.2, 0) is 14.2 Å². The van der Waals surface area contributed by atoms with Crippen LogP contribution in [0, 0.1) is 38.9 Å². The molecule has 1 spiro atoms. The maximum atomic E-state index is 10.9. The first kappa shape index (κ1) is 34.3. The second-order valence-corrected chi connectivity index (χ2v) is 16.4. The summed E-state index contributed by atoms with van der Waals surface area (Å²) in [5.41, 5.74) is 0.787. The van der Waals surface area contributed by atoms with E-state index in [4.69, 9.17) is 14.2 Å². The minimum Gasteiger partial charge on any atom is -0.393 e. The van der Waals surface area contributed by atoms with Gasteiger partial charge in [0, 0.05) is 20.1 Å². The van der Waals surface area contributed by atoms with Gasteiger partial charge in [-0.1, -0.05) is 61.8 Å². The zero-order valence-electron chi connectivity index (χ0n) is 29.0. The first-order valence-electron chi connectivity index (χ1n) is 16.9. The molecule has 4 fully saturated rings. The third-order valence-corrected chi connectivity index (χ3v) is 13.7. The molecule has 0 amide bonds. The number of rotatable bonds is 10. The summed E-state index contributed by atoms with van der Waals surface area (Å²) in [5, 5.41) is 10.9. The summed E-state index contributed by atoms with van der Waals surface area (Å²) in [7, 11) is 3.69. The van der Waals surface area contributed by atoms with Gasteiger partial charge in [-0.05, 0) is 118 Å². The highest BCUT2D eigenvalue weighted by atomic mass is 16.6.